The van der Waals surface area contributed by atoms with Crippen LogP contribution in [0.25, 0.3) is 0 Å². The van der Waals surface area contributed by atoms with Gasteiger partial charge in [-0.3, -0.25) is 19.3 Å². The quantitative estimate of drug-likeness (QED) is 0.435. The van der Waals surface area contributed by atoms with Crippen LogP contribution in [-0.4, -0.2) is 51.9 Å². The molecule has 1 aliphatic heterocycles. The first kappa shape index (κ1) is 20.9. The second-order valence-electron chi connectivity index (χ2n) is 7.17. The van der Waals surface area contributed by atoms with E-state index < -0.39 is 30.3 Å². The van der Waals surface area contributed by atoms with Crippen molar-refractivity contribution in [2.24, 2.45) is 5.92 Å². The Labute approximate surface area is 173 Å². The Hall–Kier alpha value is -2.86. The highest BCUT2D eigenvalue weighted by Crippen LogP contribution is 2.31. The van der Waals surface area contributed by atoms with Crippen LogP contribution in [0.3, 0.4) is 0 Å². The number of rotatable bonds is 6. The monoisotopic (exact) mass is 414 g/mol. The minimum Gasteiger partial charge on any atom is -0.324 e. The minimum atomic E-state index is -0.963. The van der Waals surface area contributed by atoms with Gasteiger partial charge >= 0.3 is 17.8 Å². The Bertz CT molecular complexity index is 881. The van der Waals surface area contributed by atoms with Crippen LogP contribution in [0.1, 0.15) is 32.6 Å². The Morgan fingerprint density at radius 2 is 1.93 bits per heavy atom. The summed E-state index contributed by atoms with van der Waals surface area (Å²) < 4.78 is 0. The summed E-state index contributed by atoms with van der Waals surface area (Å²) in [6.07, 6.45) is 3.51. The number of anilines is 1. The first-order valence-corrected chi connectivity index (χ1v) is 10.5. The summed E-state index contributed by atoms with van der Waals surface area (Å²) >= 11 is 1.27. The maximum Gasteiger partial charge on any atom is 0.334 e. The van der Waals surface area contributed by atoms with Crippen molar-refractivity contribution in [3.05, 3.63) is 24.3 Å². The molecule has 1 saturated carbocycles. The third-order valence-corrected chi connectivity index (χ3v) is 6.18. The van der Waals surface area contributed by atoms with Gasteiger partial charge in [0.1, 0.15) is 6.54 Å². The number of amides is 5. The van der Waals surface area contributed by atoms with Crippen molar-refractivity contribution in [2.75, 3.05) is 17.6 Å². The number of urea groups is 1. The molecular formula is C20H22N4O4S. The normalized spacial score (nSPS) is 22.0. The van der Waals surface area contributed by atoms with Crippen molar-refractivity contribution in [3.8, 4) is 6.07 Å². The molecule has 1 aromatic carbocycles. The molecule has 0 aromatic heterocycles. The first-order valence-electron chi connectivity index (χ1n) is 9.51. The molecule has 2 aliphatic rings. The highest BCUT2D eigenvalue weighted by molar-refractivity contribution is 7.99. The van der Waals surface area contributed by atoms with Gasteiger partial charge in [-0.2, -0.15) is 5.26 Å². The average Bonchev–Trinajstić information content (AvgIpc) is 2.91. The van der Waals surface area contributed by atoms with Crippen LogP contribution in [0, 0.1) is 17.2 Å². The Kier molecular flexibility index (Phi) is 6.54. The van der Waals surface area contributed by atoms with Crippen LogP contribution >= 0.6 is 11.8 Å². The number of nitrogens with one attached hydrogen (secondary N) is 1. The SMILES string of the molecule is C[C@H]1CCCC[C@H]1N1C(=O)C(=O)N(CC(=O)Nc2ccccc2SCC#N)C1=O. The van der Waals surface area contributed by atoms with E-state index in [1.165, 1.54) is 11.8 Å². The van der Waals surface area contributed by atoms with Crippen LogP contribution in [0.15, 0.2) is 29.2 Å². The molecule has 0 unspecified atom stereocenters. The van der Waals surface area contributed by atoms with Crippen molar-refractivity contribution < 1.29 is 19.2 Å². The summed E-state index contributed by atoms with van der Waals surface area (Å²) in [5, 5.41) is 11.4. The number of benzene rings is 1. The predicted molar refractivity (Wildman–Crippen MR) is 107 cm³/mol. The van der Waals surface area contributed by atoms with Crippen LogP contribution < -0.4 is 5.32 Å². The molecular weight excluding hydrogens is 392 g/mol. The minimum absolute atomic E-state index is 0.127. The summed E-state index contributed by atoms with van der Waals surface area (Å²) in [6.45, 7) is 1.44. The molecule has 5 amide bonds. The van der Waals surface area contributed by atoms with Crippen LogP contribution in [0.2, 0.25) is 0 Å². The molecule has 8 nitrogen and oxygen atoms in total. The largest absolute Gasteiger partial charge is 0.334 e. The van der Waals surface area contributed by atoms with Gasteiger partial charge < -0.3 is 5.32 Å². The second-order valence-corrected chi connectivity index (χ2v) is 8.19. The molecule has 0 spiro atoms. The lowest BCUT2D eigenvalue weighted by atomic mass is 9.85. The van der Waals surface area contributed by atoms with E-state index in [0.717, 1.165) is 24.2 Å². The lowest BCUT2D eigenvalue weighted by Gasteiger charge is -2.34. The van der Waals surface area contributed by atoms with Gasteiger partial charge in [0.25, 0.3) is 0 Å². The Balaban J connectivity index is 1.69. The fourth-order valence-corrected chi connectivity index (χ4v) is 4.44. The van der Waals surface area contributed by atoms with E-state index in [-0.39, 0.29) is 17.7 Å². The van der Waals surface area contributed by atoms with Crippen LogP contribution in [-0.2, 0) is 14.4 Å². The number of hydrogen-bond acceptors (Lipinski definition) is 6. The average molecular weight is 414 g/mol. The number of thioether (sulfide) groups is 1. The van der Waals surface area contributed by atoms with Crippen molar-refractivity contribution >= 4 is 41.2 Å². The zero-order valence-corrected chi connectivity index (χ0v) is 16.9. The van der Waals surface area contributed by atoms with Crippen molar-refractivity contribution in [1.29, 1.82) is 5.26 Å². The molecule has 0 bridgehead atoms. The molecule has 2 fully saturated rings. The summed E-state index contributed by atoms with van der Waals surface area (Å²) in [7, 11) is 0. The fraction of sp³-hybridized carbons (Fsp3) is 0.450. The van der Waals surface area contributed by atoms with Gasteiger partial charge in [-0.25, -0.2) is 9.69 Å². The number of hydrogen-bond donors (Lipinski definition) is 1. The lowest BCUT2D eigenvalue weighted by Crippen LogP contribution is -2.46. The van der Waals surface area contributed by atoms with Crippen molar-refractivity contribution in [2.45, 2.75) is 43.5 Å². The highest BCUT2D eigenvalue weighted by atomic mass is 32.2. The fourth-order valence-electron chi connectivity index (χ4n) is 3.77. The zero-order valence-electron chi connectivity index (χ0n) is 16.1. The molecule has 1 heterocycles. The van der Waals surface area contributed by atoms with Gasteiger partial charge in [0.05, 0.1) is 17.5 Å². The summed E-state index contributed by atoms with van der Waals surface area (Å²) in [4.78, 5) is 52.5. The van der Waals surface area contributed by atoms with E-state index in [1.807, 2.05) is 13.0 Å². The topological polar surface area (TPSA) is 111 Å². The predicted octanol–water partition coefficient (Wildman–Crippen LogP) is 2.61. The van der Waals surface area contributed by atoms with E-state index in [0.29, 0.717) is 21.9 Å². The molecule has 9 heteroatoms. The number of carbonyl (C=O) groups is 4. The molecule has 152 valence electrons. The third kappa shape index (κ3) is 4.43. The van der Waals surface area contributed by atoms with E-state index in [1.54, 1.807) is 24.3 Å². The zero-order chi connectivity index (χ0) is 21.0. The summed E-state index contributed by atoms with van der Waals surface area (Å²) in [5.74, 6) is -2.05. The van der Waals surface area contributed by atoms with Crippen molar-refractivity contribution in [3.63, 3.8) is 0 Å². The first-order chi connectivity index (χ1) is 13.9. The van der Waals surface area contributed by atoms with Crippen molar-refractivity contribution in [1.82, 2.24) is 9.80 Å². The number of nitrogens with zero attached hydrogens (tertiary/aromatic N) is 3. The lowest BCUT2D eigenvalue weighted by molar-refractivity contribution is -0.145. The number of para-hydroxylation sites is 1. The second kappa shape index (κ2) is 9.09. The number of nitriles is 1. The number of carbonyl (C=O) groups excluding carboxylic acids is 4. The van der Waals surface area contributed by atoms with E-state index >= 15 is 0 Å². The maximum absolute atomic E-state index is 12.8. The maximum atomic E-state index is 12.8. The smallest absolute Gasteiger partial charge is 0.324 e. The van der Waals surface area contributed by atoms with Crippen LogP contribution in [0.5, 0.6) is 0 Å². The van der Waals surface area contributed by atoms with E-state index in [9.17, 15) is 19.2 Å². The Morgan fingerprint density at radius 1 is 1.21 bits per heavy atom. The van der Waals surface area contributed by atoms with Crippen LogP contribution in [0.4, 0.5) is 10.5 Å². The number of imide groups is 2. The van der Waals surface area contributed by atoms with Gasteiger partial charge in [0.15, 0.2) is 0 Å². The standard InChI is InChI=1S/C20H22N4O4S/c1-13-6-2-4-8-15(13)24-19(27)18(26)23(20(24)28)12-17(25)22-14-7-3-5-9-16(14)29-11-10-21/h3,5,7,9,13,15H,2,4,6,8,11-12H2,1H3,(H,22,25)/t13-,15+/m0/s1. The van der Waals surface area contributed by atoms with Gasteiger partial charge in [0.2, 0.25) is 5.91 Å². The molecule has 0 radical (unpaired) electrons. The summed E-state index contributed by atoms with van der Waals surface area (Å²) in [5.41, 5.74) is 0.487. The third-order valence-electron chi connectivity index (χ3n) is 5.24. The van der Waals surface area contributed by atoms with Gasteiger partial charge in [-0.15, -0.1) is 11.8 Å². The molecule has 3 rings (SSSR count). The molecule has 1 N–H and O–H groups in total. The molecule has 1 aromatic rings. The molecule has 29 heavy (non-hydrogen) atoms. The molecule has 1 aliphatic carbocycles. The Morgan fingerprint density at radius 3 is 2.66 bits per heavy atom. The van der Waals surface area contributed by atoms with Gasteiger partial charge in [-0.05, 0) is 30.9 Å². The van der Waals surface area contributed by atoms with Gasteiger partial charge in [0, 0.05) is 10.9 Å². The molecule has 2 atom stereocenters. The van der Waals surface area contributed by atoms with E-state index in [4.69, 9.17) is 5.26 Å². The van der Waals surface area contributed by atoms with E-state index in [2.05, 4.69) is 5.32 Å². The highest BCUT2D eigenvalue weighted by Gasteiger charge is 2.49. The van der Waals surface area contributed by atoms with Gasteiger partial charge in [-0.1, -0.05) is 31.9 Å². The summed E-state index contributed by atoms with van der Waals surface area (Å²) in [6, 6.07) is 7.95. The molecule has 1 saturated heterocycles.